The van der Waals surface area contributed by atoms with Crippen LogP contribution >= 0.6 is 22.9 Å². The van der Waals surface area contributed by atoms with Crippen LogP contribution in [0.3, 0.4) is 0 Å². The zero-order valence-corrected chi connectivity index (χ0v) is 11.2. The maximum Gasteiger partial charge on any atom is 0.236 e. The van der Waals surface area contributed by atoms with Crippen molar-refractivity contribution >= 4 is 28.8 Å². The standard InChI is InChI=1S/C11H17ClN2OS/c1-3-14(4-2)11(15)8-13-7-9-5-6-10(12)16-9/h5-6,13H,3-4,7-8H2,1-2H3. The molecule has 90 valence electrons. The molecule has 0 aliphatic heterocycles. The molecule has 0 aliphatic rings. The fraction of sp³-hybridized carbons (Fsp3) is 0.545. The maximum absolute atomic E-state index is 11.6. The summed E-state index contributed by atoms with van der Waals surface area (Å²) in [7, 11) is 0. The van der Waals surface area contributed by atoms with Crippen molar-refractivity contribution in [2.75, 3.05) is 19.6 Å². The number of carbonyl (C=O) groups is 1. The van der Waals surface area contributed by atoms with Crippen molar-refractivity contribution in [3.8, 4) is 0 Å². The predicted octanol–water partition coefficient (Wildman–Crippen LogP) is 2.36. The fourth-order valence-electron chi connectivity index (χ4n) is 1.43. The first-order chi connectivity index (χ1) is 7.67. The van der Waals surface area contributed by atoms with Crippen molar-refractivity contribution in [2.24, 2.45) is 0 Å². The van der Waals surface area contributed by atoms with Crippen molar-refractivity contribution in [1.82, 2.24) is 10.2 Å². The molecule has 0 fully saturated rings. The van der Waals surface area contributed by atoms with E-state index in [1.807, 2.05) is 30.9 Å². The molecule has 0 bridgehead atoms. The molecule has 0 unspecified atom stereocenters. The molecule has 1 aromatic rings. The quantitative estimate of drug-likeness (QED) is 0.852. The molecule has 1 heterocycles. The first kappa shape index (κ1) is 13.5. The SMILES string of the molecule is CCN(CC)C(=O)CNCc1ccc(Cl)s1. The van der Waals surface area contributed by atoms with Gasteiger partial charge in [-0.15, -0.1) is 11.3 Å². The van der Waals surface area contributed by atoms with E-state index in [0.29, 0.717) is 13.1 Å². The van der Waals surface area contributed by atoms with Crippen molar-refractivity contribution in [3.05, 3.63) is 21.3 Å². The number of hydrogen-bond donors (Lipinski definition) is 1. The molecule has 1 amide bonds. The summed E-state index contributed by atoms with van der Waals surface area (Å²) in [5, 5.41) is 3.12. The number of nitrogens with one attached hydrogen (secondary N) is 1. The van der Waals surface area contributed by atoms with Gasteiger partial charge in [0.1, 0.15) is 0 Å². The topological polar surface area (TPSA) is 32.3 Å². The molecular weight excluding hydrogens is 244 g/mol. The minimum absolute atomic E-state index is 0.146. The Balaban J connectivity index is 2.27. The zero-order valence-electron chi connectivity index (χ0n) is 9.62. The van der Waals surface area contributed by atoms with Crippen LogP contribution in [0.25, 0.3) is 0 Å². The zero-order chi connectivity index (χ0) is 12.0. The van der Waals surface area contributed by atoms with E-state index in [9.17, 15) is 4.79 Å². The summed E-state index contributed by atoms with van der Waals surface area (Å²) in [6.07, 6.45) is 0. The summed E-state index contributed by atoms with van der Waals surface area (Å²) in [4.78, 5) is 14.6. The van der Waals surface area contributed by atoms with Gasteiger partial charge in [-0.3, -0.25) is 4.79 Å². The smallest absolute Gasteiger partial charge is 0.236 e. The van der Waals surface area contributed by atoms with E-state index in [0.717, 1.165) is 22.3 Å². The van der Waals surface area contributed by atoms with Gasteiger partial charge >= 0.3 is 0 Å². The van der Waals surface area contributed by atoms with Crippen LogP contribution in [0.4, 0.5) is 0 Å². The number of thiophene rings is 1. The third-order valence-corrected chi connectivity index (χ3v) is 3.55. The Morgan fingerprint density at radius 1 is 1.44 bits per heavy atom. The van der Waals surface area contributed by atoms with Gasteiger partial charge in [-0.05, 0) is 26.0 Å². The predicted molar refractivity (Wildman–Crippen MR) is 69.0 cm³/mol. The Morgan fingerprint density at radius 3 is 2.62 bits per heavy atom. The number of rotatable bonds is 6. The van der Waals surface area contributed by atoms with E-state index >= 15 is 0 Å². The summed E-state index contributed by atoms with van der Waals surface area (Å²) in [5.41, 5.74) is 0. The van der Waals surface area contributed by atoms with Crippen LogP contribution in [0, 0.1) is 0 Å². The third kappa shape index (κ3) is 4.12. The minimum atomic E-state index is 0.146. The molecule has 0 spiro atoms. The molecule has 3 nitrogen and oxygen atoms in total. The van der Waals surface area contributed by atoms with Gasteiger partial charge in [-0.1, -0.05) is 11.6 Å². The highest BCUT2D eigenvalue weighted by molar-refractivity contribution is 7.16. The van der Waals surface area contributed by atoms with Gasteiger partial charge in [-0.25, -0.2) is 0 Å². The van der Waals surface area contributed by atoms with Crippen LogP contribution in [0.2, 0.25) is 4.34 Å². The van der Waals surface area contributed by atoms with Gasteiger partial charge in [0, 0.05) is 24.5 Å². The second-order valence-corrected chi connectivity index (χ2v) is 5.18. The highest BCUT2D eigenvalue weighted by Crippen LogP contribution is 2.20. The van der Waals surface area contributed by atoms with Crippen LogP contribution < -0.4 is 5.32 Å². The summed E-state index contributed by atoms with van der Waals surface area (Å²) in [6, 6.07) is 3.84. The molecule has 16 heavy (non-hydrogen) atoms. The molecule has 1 aromatic heterocycles. The molecule has 0 atom stereocenters. The Morgan fingerprint density at radius 2 is 2.12 bits per heavy atom. The van der Waals surface area contributed by atoms with Crippen LogP contribution in [-0.4, -0.2) is 30.4 Å². The molecule has 0 saturated carbocycles. The monoisotopic (exact) mass is 260 g/mol. The summed E-state index contributed by atoms with van der Waals surface area (Å²) >= 11 is 7.35. The van der Waals surface area contributed by atoms with Gasteiger partial charge < -0.3 is 10.2 Å². The molecule has 0 aromatic carbocycles. The molecule has 0 saturated heterocycles. The maximum atomic E-state index is 11.6. The first-order valence-electron chi connectivity index (χ1n) is 5.40. The normalized spacial score (nSPS) is 10.4. The Labute approximate surface area is 105 Å². The van der Waals surface area contributed by atoms with E-state index in [-0.39, 0.29) is 5.91 Å². The Kier molecular flexibility index (Phi) is 5.80. The van der Waals surface area contributed by atoms with Gasteiger partial charge in [0.15, 0.2) is 0 Å². The van der Waals surface area contributed by atoms with Gasteiger partial charge in [0.2, 0.25) is 5.91 Å². The molecule has 1 rings (SSSR count). The Hall–Kier alpha value is -0.580. The average Bonchev–Trinajstić information content (AvgIpc) is 2.66. The summed E-state index contributed by atoms with van der Waals surface area (Å²) in [6.45, 7) is 6.59. The minimum Gasteiger partial charge on any atom is -0.342 e. The largest absolute Gasteiger partial charge is 0.342 e. The van der Waals surface area contributed by atoms with E-state index in [4.69, 9.17) is 11.6 Å². The average molecular weight is 261 g/mol. The Bertz CT molecular complexity index is 336. The van der Waals surface area contributed by atoms with Crippen LogP contribution in [0.1, 0.15) is 18.7 Å². The number of carbonyl (C=O) groups excluding carboxylic acids is 1. The van der Waals surface area contributed by atoms with Crippen LogP contribution in [-0.2, 0) is 11.3 Å². The molecule has 0 radical (unpaired) electrons. The van der Waals surface area contributed by atoms with Crippen molar-refractivity contribution < 1.29 is 4.79 Å². The number of nitrogens with zero attached hydrogens (tertiary/aromatic N) is 1. The number of amides is 1. The van der Waals surface area contributed by atoms with Crippen molar-refractivity contribution in [2.45, 2.75) is 20.4 Å². The highest BCUT2D eigenvalue weighted by atomic mass is 35.5. The lowest BCUT2D eigenvalue weighted by atomic mass is 10.4. The second-order valence-electron chi connectivity index (χ2n) is 3.38. The van der Waals surface area contributed by atoms with Crippen molar-refractivity contribution in [3.63, 3.8) is 0 Å². The molecule has 5 heteroatoms. The van der Waals surface area contributed by atoms with E-state index in [2.05, 4.69) is 5.32 Å². The van der Waals surface area contributed by atoms with Gasteiger partial charge in [-0.2, -0.15) is 0 Å². The number of likely N-dealkylation sites (N-methyl/N-ethyl adjacent to an activating group) is 1. The summed E-state index contributed by atoms with van der Waals surface area (Å²) in [5.74, 6) is 0.146. The highest BCUT2D eigenvalue weighted by Gasteiger charge is 2.08. The number of hydrogen-bond acceptors (Lipinski definition) is 3. The van der Waals surface area contributed by atoms with E-state index in [1.54, 1.807) is 0 Å². The second kappa shape index (κ2) is 6.89. The van der Waals surface area contributed by atoms with Gasteiger partial charge in [0.05, 0.1) is 10.9 Å². The third-order valence-electron chi connectivity index (χ3n) is 2.32. The lowest BCUT2D eigenvalue weighted by molar-refractivity contribution is -0.129. The van der Waals surface area contributed by atoms with Crippen LogP contribution in [0.15, 0.2) is 12.1 Å². The number of halogens is 1. The van der Waals surface area contributed by atoms with Crippen LogP contribution in [0.5, 0.6) is 0 Å². The molecule has 1 N–H and O–H groups in total. The first-order valence-corrected chi connectivity index (χ1v) is 6.59. The van der Waals surface area contributed by atoms with E-state index < -0.39 is 0 Å². The fourth-order valence-corrected chi connectivity index (χ4v) is 2.48. The molecular formula is C11H17ClN2OS. The summed E-state index contributed by atoms with van der Waals surface area (Å²) < 4.78 is 0.784. The lowest BCUT2D eigenvalue weighted by Crippen LogP contribution is -2.37. The molecule has 0 aliphatic carbocycles. The van der Waals surface area contributed by atoms with E-state index in [1.165, 1.54) is 11.3 Å². The lowest BCUT2D eigenvalue weighted by Gasteiger charge is -2.18. The van der Waals surface area contributed by atoms with Gasteiger partial charge in [0.25, 0.3) is 0 Å². The van der Waals surface area contributed by atoms with Crippen molar-refractivity contribution in [1.29, 1.82) is 0 Å².